The predicted octanol–water partition coefficient (Wildman–Crippen LogP) is 5.27. The molecule has 4 atom stereocenters. The molecule has 1 N–H and O–H groups in total. The lowest BCUT2D eigenvalue weighted by atomic mass is 9.94. The van der Waals surface area contributed by atoms with E-state index < -0.39 is 29.1 Å². The number of aromatic nitrogens is 3. The summed E-state index contributed by atoms with van der Waals surface area (Å²) in [7, 11) is 1.35. The highest BCUT2D eigenvalue weighted by Gasteiger charge is 2.55. The minimum absolute atomic E-state index is 0.0245. The van der Waals surface area contributed by atoms with Crippen molar-refractivity contribution in [3.8, 4) is 6.01 Å². The van der Waals surface area contributed by atoms with Crippen LogP contribution in [0.15, 0.2) is 36.5 Å². The van der Waals surface area contributed by atoms with Gasteiger partial charge in [-0.3, -0.25) is 14.6 Å². The number of anilines is 1. The molecule has 0 aliphatic carbocycles. The van der Waals surface area contributed by atoms with Crippen LogP contribution in [0.4, 0.5) is 19.8 Å². The molecule has 0 saturated carbocycles. The van der Waals surface area contributed by atoms with Crippen molar-refractivity contribution in [1.82, 2.24) is 30.1 Å². The molecule has 2 amide bonds. The summed E-state index contributed by atoms with van der Waals surface area (Å²) in [6.07, 6.45) is 4.14. The molecule has 6 heterocycles. The van der Waals surface area contributed by atoms with E-state index >= 15 is 4.39 Å². The summed E-state index contributed by atoms with van der Waals surface area (Å²) in [6.45, 7) is 8.23. The number of fused-ring (bicyclic) bond motifs is 4. The summed E-state index contributed by atoms with van der Waals surface area (Å²) in [4.78, 5) is 58.0. The second kappa shape index (κ2) is 16.1. The minimum Gasteiger partial charge on any atom is -0.469 e. The summed E-state index contributed by atoms with van der Waals surface area (Å²) in [5.74, 6) is -0.752. The maximum atomic E-state index is 15.8. The Labute approximate surface area is 330 Å². The monoisotopic (exact) mass is 797 g/mol. The molecule has 4 saturated heterocycles. The molecule has 2 aromatic heterocycles. The fourth-order valence-corrected chi connectivity index (χ4v) is 8.76. The third-order valence-electron chi connectivity index (χ3n) is 11.1. The Hall–Kier alpha value is -4.54. The number of benzene rings is 1. The first-order chi connectivity index (χ1) is 26.8. The normalized spacial score (nSPS) is 24.6. The predicted molar refractivity (Wildman–Crippen MR) is 203 cm³/mol. The fourth-order valence-electron chi connectivity index (χ4n) is 8.62. The van der Waals surface area contributed by atoms with Crippen LogP contribution < -0.4 is 15.0 Å². The number of pyridine rings is 1. The van der Waals surface area contributed by atoms with Crippen LogP contribution in [0.25, 0.3) is 10.9 Å². The molecule has 302 valence electrons. The van der Waals surface area contributed by atoms with Gasteiger partial charge in [0, 0.05) is 32.4 Å². The molecule has 2 bridgehead atoms. The number of halogens is 2. The topological polar surface area (TPSA) is 158 Å². The largest absolute Gasteiger partial charge is 0.469 e. The molecule has 1 aromatic carbocycles. The van der Waals surface area contributed by atoms with Gasteiger partial charge in [-0.15, -0.1) is 0 Å². The lowest BCUT2D eigenvalue weighted by Crippen LogP contribution is -2.67. The van der Waals surface area contributed by atoms with Crippen molar-refractivity contribution in [3.63, 3.8) is 0 Å². The molecule has 56 heavy (non-hydrogen) atoms. The molecule has 4 fully saturated rings. The van der Waals surface area contributed by atoms with Crippen molar-refractivity contribution in [2.24, 2.45) is 0 Å². The van der Waals surface area contributed by atoms with Gasteiger partial charge in [0.1, 0.15) is 30.1 Å². The lowest BCUT2D eigenvalue weighted by molar-refractivity contribution is -0.142. The number of piperazine rings is 1. The Morgan fingerprint density at radius 1 is 1.09 bits per heavy atom. The number of carbonyl (C=O) groups excluding carboxylic acids is 3. The molecular formula is C39H49ClFN7O8. The van der Waals surface area contributed by atoms with E-state index in [0.717, 1.165) is 24.9 Å². The standard InChI is InChI=1S/C39H49ClFN7O8/c1-37(2,3)56-36(51)48-26-11-14-39(48,22-43-35(50)54-21-25-9-6-5-7-10-25)23-46(19-26)33-28-18-42-32(40)30(41)31(28)44-34(45-33)55-24-38-13-8-15-47(38)20-27(17-38)53-16-12-29(49)52-4/h5-7,9-10,18,26-27H,8,11-17,19-24H2,1-4H3,(H,43,50)/t26?,27-,38-,39?/m1/s1. The number of nitrogens with one attached hydrogen (secondary N) is 1. The molecule has 2 unspecified atom stereocenters. The molecular weight excluding hydrogens is 749 g/mol. The van der Waals surface area contributed by atoms with Gasteiger partial charge >= 0.3 is 24.2 Å². The second-order valence-corrected chi connectivity index (χ2v) is 16.5. The third-order valence-corrected chi connectivity index (χ3v) is 11.4. The van der Waals surface area contributed by atoms with Crippen LogP contribution in [0.1, 0.15) is 64.9 Å². The number of ether oxygens (including phenoxy) is 5. The first-order valence-electron chi connectivity index (χ1n) is 19.1. The number of carbonyl (C=O) groups is 3. The zero-order valence-corrected chi connectivity index (χ0v) is 33.0. The van der Waals surface area contributed by atoms with Crippen molar-refractivity contribution >= 4 is 46.5 Å². The lowest BCUT2D eigenvalue weighted by Gasteiger charge is -2.49. The summed E-state index contributed by atoms with van der Waals surface area (Å²) in [5.41, 5.74) is -1.22. The number of esters is 1. The van der Waals surface area contributed by atoms with Crippen LogP contribution in [0.3, 0.4) is 0 Å². The average Bonchev–Trinajstić information content (AvgIpc) is 3.79. The Morgan fingerprint density at radius 3 is 2.66 bits per heavy atom. The maximum Gasteiger partial charge on any atom is 0.411 e. The molecule has 0 radical (unpaired) electrons. The zero-order chi connectivity index (χ0) is 39.7. The third kappa shape index (κ3) is 8.42. The first-order valence-corrected chi connectivity index (χ1v) is 19.5. The van der Waals surface area contributed by atoms with E-state index in [9.17, 15) is 14.4 Å². The number of nitrogens with zero attached hydrogens (tertiary/aromatic N) is 6. The highest BCUT2D eigenvalue weighted by atomic mass is 35.5. The van der Waals surface area contributed by atoms with Crippen LogP contribution in [-0.2, 0) is 30.3 Å². The van der Waals surface area contributed by atoms with E-state index in [1.54, 1.807) is 4.90 Å². The summed E-state index contributed by atoms with van der Waals surface area (Å²) in [6, 6.07) is 9.01. The van der Waals surface area contributed by atoms with Gasteiger partial charge in [0.05, 0.1) is 48.7 Å². The van der Waals surface area contributed by atoms with Gasteiger partial charge in [-0.05, 0) is 65.0 Å². The quantitative estimate of drug-likeness (QED) is 0.144. The van der Waals surface area contributed by atoms with E-state index in [0.29, 0.717) is 43.6 Å². The minimum atomic E-state index is -0.927. The number of methoxy groups -OCH3 is 1. The van der Waals surface area contributed by atoms with E-state index in [1.165, 1.54) is 13.3 Å². The smallest absolute Gasteiger partial charge is 0.411 e. The number of amides is 2. The number of hydrogen-bond donors (Lipinski definition) is 1. The molecule has 7 rings (SSSR count). The van der Waals surface area contributed by atoms with Crippen molar-refractivity contribution in [2.75, 3.05) is 57.9 Å². The molecule has 17 heteroatoms. The second-order valence-electron chi connectivity index (χ2n) is 16.1. The summed E-state index contributed by atoms with van der Waals surface area (Å²) >= 11 is 6.18. The van der Waals surface area contributed by atoms with Crippen molar-refractivity contribution in [2.45, 2.75) is 94.7 Å². The Morgan fingerprint density at radius 2 is 1.89 bits per heavy atom. The van der Waals surface area contributed by atoms with Gasteiger partial charge < -0.3 is 33.9 Å². The van der Waals surface area contributed by atoms with Gasteiger partial charge in [-0.1, -0.05) is 41.9 Å². The number of rotatable bonds is 12. The van der Waals surface area contributed by atoms with Crippen LogP contribution in [0.2, 0.25) is 5.15 Å². The molecule has 4 aliphatic rings. The SMILES string of the molecule is COC(=O)CCO[C@H]1CN2CCC[C@]2(COc2nc(N3CC4CCC(CNC(=O)OCc5ccccc5)(C3)N4C(=O)OC(C)(C)C)c3cnc(Cl)c(F)c3n2)C1. The molecule has 4 aliphatic heterocycles. The van der Waals surface area contributed by atoms with Gasteiger partial charge in [-0.25, -0.2) is 19.0 Å². The number of hydrogen-bond acceptors (Lipinski definition) is 13. The molecule has 0 spiro atoms. The first kappa shape index (κ1) is 39.7. The summed E-state index contributed by atoms with van der Waals surface area (Å²) in [5, 5.41) is 2.90. The van der Waals surface area contributed by atoms with E-state index in [2.05, 4.69) is 20.2 Å². The van der Waals surface area contributed by atoms with Crippen LogP contribution >= 0.6 is 11.6 Å². The molecule has 3 aromatic rings. The van der Waals surface area contributed by atoms with E-state index in [-0.39, 0.29) is 79.7 Å². The fraction of sp³-hybridized carbons (Fsp3) is 0.590. The van der Waals surface area contributed by atoms with Crippen molar-refractivity contribution in [3.05, 3.63) is 53.1 Å². The zero-order valence-electron chi connectivity index (χ0n) is 32.2. The maximum absolute atomic E-state index is 15.8. The van der Waals surface area contributed by atoms with Gasteiger partial charge in [0.2, 0.25) is 0 Å². The van der Waals surface area contributed by atoms with Crippen LogP contribution in [0, 0.1) is 5.82 Å². The average molecular weight is 798 g/mol. The van der Waals surface area contributed by atoms with Gasteiger partial charge in [0.25, 0.3) is 0 Å². The van der Waals surface area contributed by atoms with Crippen molar-refractivity contribution < 1.29 is 42.5 Å². The number of alkyl carbamates (subject to hydrolysis) is 1. The summed E-state index contributed by atoms with van der Waals surface area (Å²) < 4.78 is 44.3. The van der Waals surface area contributed by atoms with Crippen molar-refractivity contribution in [1.29, 1.82) is 0 Å². The molecule has 15 nitrogen and oxygen atoms in total. The Bertz CT molecular complexity index is 1940. The van der Waals surface area contributed by atoms with Crippen LogP contribution in [0.5, 0.6) is 6.01 Å². The van der Waals surface area contributed by atoms with E-state index in [1.807, 2.05) is 56.0 Å². The Balaban J connectivity index is 1.14. The van der Waals surface area contributed by atoms with Gasteiger partial charge in [-0.2, -0.15) is 9.97 Å². The highest BCUT2D eigenvalue weighted by molar-refractivity contribution is 6.30. The van der Waals surface area contributed by atoms with E-state index in [4.69, 9.17) is 40.3 Å². The Kier molecular flexibility index (Phi) is 11.4. The van der Waals surface area contributed by atoms with Gasteiger partial charge in [0.15, 0.2) is 11.0 Å². The highest BCUT2D eigenvalue weighted by Crippen LogP contribution is 2.44. The van der Waals surface area contributed by atoms with Crippen LogP contribution in [-0.4, -0.2) is 125 Å².